The molecule has 5 saturated carbocycles. The lowest BCUT2D eigenvalue weighted by Crippen LogP contribution is -2.46. The molecule has 4 aromatic carbocycles. The van der Waals surface area contributed by atoms with Gasteiger partial charge >= 0.3 is 7.12 Å². The fourth-order valence-electron chi connectivity index (χ4n) is 11.3. The molecule has 1 saturated heterocycles. The van der Waals surface area contributed by atoms with E-state index in [9.17, 15) is 4.39 Å². The molecule has 0 N–H and O–H groups in total. The minimum absolute atomic E-state index is 0.131. The highest BCUT2D eigenvalue weighted by Gasteiger charge is 2.52. The molecule has 51 heavy (non-hydrogen) atoms. The van der Waals surface area contributed by atoms with Crippen molar-refractivity contribution in [3.63, 3.8) is 0 Å². The van der Waals surface area contributed by atoms with E-state index >= 15 is 0 Å². The van der Waals surface area contributed by atoms with Crippen molar-refractivity contribution in [2.24, 2.45) is 5.92 Å². The first kappa shape index (κ1) is 33.6. The van der Waals surface area contributed by atoms with Crippen molar-refractivity contribution in [3.8, 4) is 11.1 Å². The Balaban J connectivity index is 0.851. The van der Waals surface area contributed by atoms with E-state index in [4.69, 9.17) is 9.31 Å². The predicted octanol–water partition coefficient (Wildman–Crippen LogP) is 11.3. The molecule has 6 fully saturated rings. The summed E-state index contributed by atoms with van der Waals surface area (Å²) in [6.07, 6.45) is 15.1. The first-order valence-electron chi connectivity index (χ1n) is 19.9. The number of fused-ring (bicyclic) bond motifs is 5. The number of hydrogen-bond donors (Lipinski definition) is 0. The van der Waals surface area contributed by atoms with Crippen LogP contribution < -0.4 is 5.46 Å². The highest BCUT2D eigenvalue weighted by molar-refractivity contribution is 6.62. The normalized spacial score (nSPS) is 32.2. The summed E-state index contributed by atoms with van der Waals surface area (Å²) >= 11 is 0. The van der Waals surface area contributed by atoms with E-state index < -0.39 is 0 Å². The molecule has 4 aromatic rings. The fraction of sp³-hybridized carbons (Fsp3) is 0.489. The van der Waals surface area contributed by atoms with Gasteiger partial charge in [0.15, 0.2) is 0 Å². The standard InChI is InChI=1S/C47H54BFO2/c1-43(2)44(3,4)51-48(50-43)40-19-15-39(16-20-40)47-24-5-6-36(32-47)42(23-25-47)35-9-7-33(8-10-35)34-11-13-37(14-12-34)45-26-29-46(30-27-45,31-28-45)38-17-21-41(49)22-18-38/h7-22,36,42H,5-6,23-32H2,1-4H3. The van der Waals surface area contributed by atoms with Crippen molar-refractivity contribution in [2.75, 3.05) is 0 Å². The third-order valence-corrected chi connectivity index (χ3v) is 15.3. The minimum Gasteiger partial charge on any atom is -0.399 e. The van der Waals surface area contributed by atoms with Crippen molar-refractivity contribution < 1.29 is 13.7 Å². The van der Waals surface area contributed by atoms with E-state index in [-0.39, 0.29) is 29.6 Å². The molecule has 0 amide bonds. The Kier molecular flexibility index (Phi) is 8.02. The SMILES string of the molecule is CC1(C)OB(c2ccc(C34CCCC(C3)C(c3ccc(-c5ccc(C67CCC(c8ccc(F)cc8)(CC6)CC7)cc5)cc3)CC4)cc2)OC1(C)C. The first-order valence-corrected chi connectivity index (χ1v) is 19.9. The molecule has 264 valence electrons. The number of benzene rings is 4. The Morgan fingerprint density at radius 3 is 1.55 bits per heavy atom. The lowest BCUT2D eigenvalue weighted by Gasteiger charge is -2.54. The van der Waals surface area contributed by atoms with Gasteiger partial charge in [0.2, 0.25) is 0 Å². The van der Waals surface area contributed by atoms with Crippen LogP contribution in [0.1, 0.15) is 133 Å². The van der Waals surface area contributed by atoms with Crippen molar-refractivity contribution in [1.29, 1.82) is 0 Å². The highest BCUT2D eigenvalue weighted by Crippen LogP contribution is 2.59. The van der Waals surface area contributed by atoms with E-state index in [0.717, 1.165) is 11.4 Å². The maximum absolute atomic E-state index is 13.6. The van der Waals surface area contributed by atoms with Gasteiger partial charge in [-0.2, -0.15) is 0 Å². The topological polar surface area (TPSA) is 18.5 Å². The second-order valence-electron chi connectivity index (χ2n) is 18.3. The lowest BCUT2D eigenvalue weighted by atomic mass is 9.50. The summed E-state index contributed by atoms with van der Waals surface area (Å²) in [7, 11) is -0.299. The van der Waals surface area contributed by atoms with Crippen LogP contribution in [0.2, 0.25) is 0 Å². The van der Waals surface area contributed by atoms with Gasteiger partial charge in [0.1, 0.15) is 5.82 Å². The van der Waals surface area contributed by atoms with E-state index in [1.165, 1.54) is 110 Å². The number of rotatable bonds is 6. The van der Waals surface area contributed by atoms with Crippen molar-refractivity contribution in [2.45, 2.75) is 138 Å². The van der Waals surface area contributed by atoms with Gasteiger partial charge in [-0.3, -0.25) is 0 Å². The quantitative estimate of drug-likeness (QED) is 0.189. The largest absolute Gasteiger partial charge is 0.494 e. The molecule has 1 heterocycles. The highest BCUT2D eigenvalue weighted by atomic mass is 19.1. The van der Waals surface area contributed by atoms with Crippen LogP contribution >= 0.6 is 0 Å². The molecule has 10 rings (SSSR count). The van der Waals surface area contributed by atoms with Gasteiger partial charge in [-0.1, -0.05) is 91.3 Å². The summed E-state index contributed by atoms with van der Waals surface area (Å²) in [5.41, 5.74) is 9.87. The molecular formula is C47H54BFO2. The smallest absolute Gasteiger partial charge is 0.399 e. The monoisotopic (exact) mass is 680 g/mol. The minimum atomic E-state index is -0.319. The van der Waals surface area contributed by atoms with Gasteiger partial charge in [0.05, 0.1) is 11.2 Å². The maximum Gasteiger partial charge on any atom is 0.494 e. The van der Waals surface area contributed by atoms with Gasteiger partial charge < -0.3 is 9.31 Å². The first-order chi connectivity index (χ1) is 24.5. The van der Waals surface area contributed by atoms with Crippen LogP contribution in [0.4, 0.5) is 4.39 Å². The summed E-state index contributed by atoms with van der Waals surface area (Å²) in [5, 5.41) is 0. The van der Waals surface area contributed by atoms with Crippen LogP contribution in [0, 0.1) is 11.7 Å². The van der Waals surface area contributed by atoms with Crippen LogP contribution in [-0.4, -0.2) is 18.3 Å². The molecule has 0 aromatic heterocycles. The van der Waals surface area contributed by atoms with Gasteiger partial charge in [-0.05, 0) is 177 Å². The van der Waals surface area contributed by atoms with Crippen LogP contribution in [0.15, 0.2) is 97.1 Å². The average Bonchev–Trinajstić information content (AvgIpc) is 3.39. The molecule has 5 aliphatic carbocycles. The molecule has 0 spiro atoms. The summed E-state index contributed by atoms with van der Waals surface area (Å²) in [6.45, 7) is 8.50. The van der Waals surface area contributed by atoms with Crippen molar-refractivity contribution in [3.05, 3.63) is 125 Å². The Hall–Kier alpha value is -3.21. The van der Waals surface area contributed by atoms with Crippen molar-refractivity contribution in [1.82, 2.24) is 0 Å². The average molecular weight is 681 g/mol. The van der Waals surface area contributed by atoms with Crippen LogP contribution in [-0.2, 0) is 25.6 Å². The summed E-state index contributed by atoms with van der Waals surface area (Å²) in [5.74, 6) is 1.26. The van der Waals surface area contributed by atoms with Crippen molar-refractivity contribution >= 4 is 12.6 Å². The van der Waals surface area contributed by atoms with Gasteiger partial charge in [-0.25, -0.2) is 4.39 Å². The Labute approximate surface area is 305 Å². The van der Waals surface area contributed by atoms with E-state index in [0.29, 0.717) is 16.7 Å². The Bertz CT molecular complexity index is 1840. The second-order valence-corrected chi connectivity index (χ2v) is 18.3. The lowest BCUT2D eigenvalue weighted by molar-refractivity contribution is 0.00578. The van der Waals surface area contributed by atoms with Gasteiger partial charge in [0, 0.05) is 0 Å². The Morgan fingerprint density at radius 2 is 1.00 bits per heavy atom. The van der Waals surface area contributed by atoms with Crippen LogP contribution in [0.5, 0.6) is 0 Å². The summed E-state index contributed by atoms with van der Waals surface area (Å²) in [4.78, 5) is 0. The fourth-order valence-corrected chi connectivity index (χ4v) is 11.3. The molecule has 6 aliphatic rings. The van der Waals surface area contributed by atoms with Crippen LogP contribution in [0.3, 0.4) is 0 Å². The third-order valence-electron chi connectivity index (χ3n) is 15.3. The molecule has 4 heteroatoms. The molecule has 4 bridgehead atoms. The number of halogens is 1. The zero-order chi connectivity index (χ0) is 35.1. The third kappa shape index (κ3) is 5.66. The zero-order valence-corrected chi connectivity index (χ0v) is 31.1. The molecule has 2 nitrogen and oxygen atoms in total. The molecule has 3 atom stereocenters. The Morgan fingerprint density at radius 1 is 0.529 bits per heavy atom. The predicted molar refractivity (Wildman–Crippen MR) is 207 cm³/mol. The molecular weight excluding hydrogens is 626 g/mol. The van der Waals surface area contributed by atoms with E-state index in [1.807, 2.05) is 12.1 Å². The van der Waals surface area contributed by atoms with E-state index in [1.54, 1.807) is 12.1 Å². The van der Waals surface area contributed by atoms with E-state index in [2.05, 4.69) is 100 Å². The molecule has 1 aliphatic heterocycles. The molecule has 3 unspecified atom stereocenters. The zero-order valence-electron chi connectivity index (χ0n) is 31.1. The second kappa shape index (κ2) is 12.2. The van der Waals surface area contributed by atoms with Crippen LogP contribution in [0.25, 0.3) is 11.1 Å². The van der Waals surface area contributed by atoms with Gasteiger partial charge in [0.25, 0.3) is 0 Å². The van der Waals surface area contributed by atoms with Gasteiger partial charge in [-0.15, -0.1) is 0 Å². The molecule has 0 radical (unpaired) electrons. The summed E-state index contributed by atoms with van der Waals surface area (Å²) < 4.78 is 26.3. The summed E-state index contributed by atoms with van der Waals surface area (Å²) in [6, 6.07) is 35.8. The maximum atomic E-state index is 13.6. The number of hydrogen-bond acceptors (Lipinski definition) is 2.